The maximum Gasteiger partial charge on any atom is 0.202 e. The molecular weight excluding hydrogens is 365 g/mol. The highest BCUT2D eigenvalue weighted by Crippen LogP contribution is 2.20. The number of carbonyl (C=O) groups is 1. The van der Waals surface area contributed by atoms with Gasteiger partial charge in [0.2, 0.25) is 5.62 Å². The first-order valence-electron chi connectivity index (χ1n) is 9.28. The number of hydrogen-bond acceptors (Lipinski definition) is 2. The van der Waals surface area contributed by atoms with Crippen molar-refractivity contribution in [3.63, 3.8) is 0 Å². The molecule has 29 heavy (non-hydrogen) atoms. The molecule has 0 aliphatic rings. The molecule has 0 amide bonds. The fourth-order valence-electron chi connectivity index (χ4n) is 3.34. The van der Waals surface area contributed by atoms with Crippen LogP contribution in [0.2, 0.25) is 0 Å². The molecule has 0 aliphatic carbocycles. The third-order valence-corrected chi connectivity index (χ3v) is 5.00. The van der Waals surface area contributed by atoms with E-state index in [1.807, 2.05) is 54.6 Å². The van der Waals surface area contributed by atoms with Crippen molar-refractivity contribution in [2.75, 3.05) is 0 Å². The van der Waals surface area contributed by atoms with Gasteiger partial charge in [-0.2, -0.15) is 0 Å². The lowest BCUT2D eigenvalue weighted by molar-refractivity contribution is 0.0970. The van der Waals surface area contributed by atoms with Crippen LogP contribution in [0.25, 0.3) is 22.4 Å². The molecule has 4 nitrogen and oxygen atoms in total. The molecule has 0 saturated carbocycles. The Morgan fingerprint density at radius 1 is 0.862 bits per heavy atom. The van der Waals surface area contributed by atoms with E-state index in [1.165, 1.54) is 12.1 Å². The highest BCUT2D eigenvalue weighted by atomic mass is 19.1. The van der Waals surface area contributed by atoms with Crippen LogP contribution >= 0.6 is 0 Å². The molecule has 0 unspecified atom stereocenters. The molecule has 0 fully saturated rings. The number of rotatable bonds is 5. The van der Waals surface area contributed by atoms with Gasteiger partial charge in [0.15, 0.2) is 5.78 Å². The molecule has 0 atom stereocenters. The number of hydrogen-bond donors (Lipinski definition) is 1. The number of halogens is 1. The summed E-state index contributed by atoms with van der Waals surface area (Å²) >= 11 is 0. The molecule has 144 valence electrons. The fourth-order valence-corrected chi connectivity index (χ4v) is 3.34. The Labute approximate surface area is 168 Å². The number of imidazole rings is 1. The van der Waals surface area contributed by atoms with E-state index in [4.69, 9.17) is 5.41 Å². The van der Waals surface area contributed by atoms with E-state index < -0.39 is 0 Å². The van der Waals surface area contributed by atoms with Gasteiger partial charge in [-0.1, -0.05) is 54.6 Å². The average Bonchev–Trinajstić information content (AvgIpc) is 3.03. The second-order valence-electron chi connectivity index (χ2n) is 6.90. The van der Waals surface area contributed by atoms with Crippen LogP contribution in [0, 0.1) is 11.2 Å². The van der Waals surface area contributed by atoms with Crippen molar-refractivity contribution in [1.82, 2.24) is 9.13 Å². The lowest BCUT2D eigenvalue weighted by atomic mass is 10.0. The van der Waals surface area contributed by atoms with Crippen LogP contribution in [0.1, 0.15) is 10.4 Å². The minimum absolute atomic E-state index is 0.0680. The Morgan fingerprint density at radius 2 is 1.45 bits per heavy atom. The zero-order valence-electron chi connectivity index (χ0n) is 16.0. The van der Waals surface area contributed by atoms with Crippen molar-refractivity contribution in [3.05, 3.63) is 102 Å². The fraction of sp³-hybridized carbons (Fsp3) is 0.0833. The SMILES string of the molecule is Cn1c(-c2ccc(F)cc2)cn(CC(=O)c2ccc(-c3ccccc3)cc2)c1=N. The van der Waals surface area contributed by atoms with Crippen LogP contribution in [0.5, 0.6) is 0 Å². The molecule has 4 rings (SSSR count). The maximum atomic E-state index is 13.2. The minimum atomic E-state index is -0.309. The number of nitrogens with zero attached hydrogens (tertiary/aromatic N) is 2. The number of Topliss-reactive ketones (excluding diaryl/α,β-unsaturated/α-hetero) is 1. The number of carbonyl (C=O) groups excluding carboxylic acids is 1. The summed E-state index contributed by atoms with van der Waals surface area (Å²) < 4.78 is 16.5. The van der Waals surface area contributed by atoms with Gasteiger partial charge >= 0.3 is 0 Å². The summed E-state index contributed by atoms with van der Waals surface area (Å²) in [5.41, 5.74) is 4.50. The van der Waals surface area contributed by atoms with Gasteiger partial charge in [0, 0.05) is 18.8 Å². The summed E-state index contributed by atoms with van der Waals surface area (Å²) in [7, 11) is 1.76. The van der Waals surface area contributed by atoms with Gasteiger partial charge in [-0.15, -0.1) is 0 Å². The van der Waals surface area contributed by atoms with Gasteiger partial charge in [0.1, 0.15) is 5.82 Å². The largest absolute Gasteiger partial charge is 0.314 e. The highest BCUT2D eigenvalue weighted by molar-refractivity contribution is 5.96. The molecule has 3 aromatic carbocycles. The van der Waals surface area contributed by atoms with E-state index in [2.05, 4.69) is 0 Å². The summed E-state index contributed by atoms with van der Waals surface area (Å²) in [6.07, 6.45) is 1.76. The average molecular weight is 385 g/mol. The summed E-state index contributed by atoms with van der Waals surface area (Å²) in [6, 6.07) is 23.6. The Kier molecular flexibility index (Phi) is 4.96. The van der Waals surface area contributed by atoms with Crippen molar-refractivity contribution in [3.8, 4) is 22.4 Å². The second-order valence-corrected chi connectivity index (χ2v) is 6.90. The number of aromatic nitrogens is 2. The Balaban J connectivity index is 1.56. The van der Waals surface area contributed by atoms with Crippen molar-refractivity contribution in [1.29, 1.82) is 5.41 Å². The Bertz CT molecular complexity index is 1200. The molecule has 0 saturated heterocycles. The van der Waals surface area contributed by atoms with Gasteiger partial charge in [-0.05, 0) is 41.0 Å². The van der Waals surface area contributed by atoms with Crippen LogP contribution in [-0.2, 0) is 13.6 Å². The van der Waals surface area contributed by atoms with Crippen molar-refractivity contribution >= 4 is 5.78 Å². The highest BCUT2D eigenvalue weighted by Gasteiger charge is 2.13. The van der Waals surface area contributed by atoms with Crippen LogP contribution in [0.4, 0.5) is 4.39 Å². The molecule has 0 spiro atoms. The lowest BCUT2D eigenvalue weighted by Crippen LogP contribution is -2.25. The van der Waals surface area contributed by atoms with E-state index in [0.29, 0.717) is 5.56 Å². The smallest absolute Gasteiger partial charge is 0.202 e. The first kappa shape index (κ1) is 18.6. The van der Waals surface area contributed by atoms with Gasteiger partial charge < -0.3 is 9.13 Å². The van der Waals surface area contributed by atoms with Crippen LogP contribution < -0.4 is 5.62 Å². The predicted octanol–water partition coefficient (Wildman–Crippen LogP) is 4.66. The molecule has 0 aliphatic heterocycles. The summed E-state index contributed by atoms with van der Waals surface area (Å²) in [5, 5.41) is 8.31. The second kappa shape index (κ2) is 7.72. The van der Waals surface area contributed by atoms with Gasteiger partial charge in [-0.3, -0.25) is 10.2 Å². The quantitative estimate of drug-likeness (QED) is 0.499. The molecule has 5 heteroatoms. The standard InChI is InChI=1S/C24H20FN3O/c1-27-22(19-11-13-21(25)14-12-19)15-28(24(27)26)16-23(29)20-9-7-18(8-10-20)17-5-3-2-4-6-17/h2-15,26H,16H2,1H3. The van der Waals surface area contributed by atoms with E-state index in [0.717, 1.165) is 22.4 Å². The molecule has 1 N–H and O–H groups in total. The molecule has 0 bridgehead atoms. The van der Waals surface area contributed by atoms with E-state index in [1.54, 1.807) is 34.5 Å². The summed E-state index contributed by atoms with van der Waals surface area (Å²) in [6.45, 7) is 0.0680. The third kappa shape index (κ3) is 3.80. The van der Waals surface area contributed by atoms with Gasteiger partial charge in [0.25, 0.3) is 0 Å². The predicted molar refractivity (Wildman–Crippen MR) is 111 cm³/mol. The van der Waals surface area contributed by atoms with E-state index >= 15 is 0 Å². The monoisotopic (exact) mass is 385 g/mol. The normalized spacial score (nSPS) is 10.8. The van der Waals surface area contributed by atoms with Crippen molar-refractivity contribution in [2.45, 2.75) is 6.54 Å². The van der Waals surface area contributed by atoms with E-state index in [9.17, 15) is 9.18 Å². The van der Waals surface area contributed by atoms with Crippen LogP contribution in [0.3, 0.4) is 0 Å². The van der Waals surface area contributed by atoms with Gasteiger partial charge in [-0.25, -0.2) is 4.39 Å². The summed E-state index contributed by atoms with van der Waals surface area (Å²) in [5.74, 6) is -0.379. The molecule has 1 aromatic heterocycles. The lowest BCUT2D eigenvalue weighted by Gasteiger charge is -2.05. The maximum absolute atomic E-state index is 13.2. The third-order valence-electron chi connectivity index (χ3n) is 5.00. The van der Waals surface area contributed by atoms with Gasteiger partial charge in [0.05, 0.1) is 12.2 Å². The zero-order valence-corrected chi connectivity index (χ0v) is 16.0. The van der Waals surface area contributed by atoms with Crippen molar-refractivity contribution in [2.24, 2.45) is 7.05 Å². The number of nitrogens with one attached hydrogen (secondary N) is 1. The zero-order chi connectivity index (χ0) is 20.4. The number of ketones is 1. The first-order valence-corrected chi connectivity index (χ1v) is 9.28. The van der Waals surface area contributed by atoms with E-state index in [-0.39, 0.29) is 23.8 Å². The first-order chi connectivity index (χ1) is 14.0. The molecule has 4 aromatic rings. The van der Waals surface area contributed by atoms with Crippen LogP contribution in [-0.4, -0.2) is 14.9 Å². The molecule has 0 radical (unpaired) electrons. The molecule has 1 heterocycles. The minimum Gasteiger partial charge on any atom is -0.314 e. The Morgan fingerprint density at radius 3 is 2.10 bits per heavy atom. The Hall–Kier alpha value is -3.73. The van der Waals surface area contributed by atoms with Crippen LogP contribution in [0.15, 0.2) is 85.1 Å². The number of benzene rings is 3. The van der Waals surface area contributed by atoms with Crippen molar-refractivity contribution < 1.29 is 9.18 Å². The summed E-state index contributed by atoms with van der Waals surface area (Å²) in [4.78, 5) is 12.8. The molecular formula is C24H20FN3O. The topological polar surface area (TPSA) is 50.8 Å².